The highest BCUT2D eigenvalue weighted by Gasteiger charge is 2.32. The van der Waals surface area contributed by atoms with Gasteiger partial charge in [-0.2, -0.15) is 0 Å². The number of nitrogens with one attached hydrogen (secondary N) is 8. The van der Waals surface area contributed by atoms with Gasteiger partial charge in [0.1, 0.15) is 29.6 Å². The van der Waals surface area contributed by atoms with Gasteiger partial charge in [-0.05, 0) is 92.8 Å². The van der Waals surface area contributed by atoms with E-state index in [4.69, 9.17) is 16.9 Å². The first-order valence-corrected chi connectivity index (χ1v) is 16.4. The van der Waals surface area contributed by atoms with Crippen molar-refractivity contribution in [3.8, 4) is 22.6 Å². The van der Waals surface area contributed by atoms with Gasteiger partial charge in [0.2, 0.25) is 23.6 Å². The summed E-state index contributed by atoms with van der Waals surface area (Å²) < 4.78 is 0. The van der Waals surface area contributed by atoms with E-state index in [1.807, 2.05) is 0 Å². The van der Waals surface area contributed by atoms with E-state index in [0.29, 0.717) is 41.6 Å². The van der Waals surface area contributed by atoms with E-state index in [2.05, 4.69) is 37.2 Å². The molecular weight excluding hydrogens is 632 g/mol. The van der Waals surface area contributed by atoms with Crippen molar-refractivity contribution in [1.29, 1.82) is 5.41 Å². The van der Waals surface area contributed by atoms with Gasteiger partial charge < -0.3 is 58.9 Å². The minimum atomic E-state index is -1.27. The predicted octanol–water partition coefficient (Wildman–Crippen LogP) is -1.76. The molecule has 0 aliphatic carbocycles. The van der Waals surface area contributed by atoms with E-state index < -0.39 is 47.8 Å². The summed E-state index contributed by atoms with van der Waals surface area (Å²) in [6, 6.07) is 5.75. The van der Waals surface area contributed by atoms with Gasteiger partial charge in [-0.3, -0.25) is 24.6 Å². The molecule has 0 saturated heterocycles. The molecule has 16 heteroatoms. The molecule has 0 spiro atoms. The van der Waals surface area contributed by atoms with Crippen LogP contribution >= 0.6 is 0 Å². The summed E-state index contributed by atoms with van der Waals surface area (Å²) in [5.74, 6) is -2.59. The molecule has 1 aliphatic rings. The first-order chi connectivity index (χ1) is 23.5. The molecule has 16 nitrogen and oxygen atoms in total. The fraction of sp³-hybridized carbons (Fsp3) is 0.485. The van der Waals surface area contributed by atoms with Crippen LogP contribution in [0.15, 0.2) is 36.4 Å². The Morgan fingerprint density at radius 1 is 0.918 bits per heavy atom. The van der Waals surface area contributed by atoms with Crippen LogP contribution in [0.3, 0.4) is 0 Å². The average Bonchev–Trinajstić information content (AvgIpc) is 3.07. The molecule has 49 heavy (non-hydrogen) atoms. The molecule has 1 heterocycles. The minimum Gasteiger partial charge on any atom is -0.508 e. The summed E-state index contributed by atoms with van der Waals surface area (Å²) in [5, 5.41) is 48.6. The molecule has 0 saturated carbocycles. The fourth-order valence-electron chi connectivity index (χ4n) is 5.52. The quantitative estimate of drug-likeness (QED) is 0.0603. The Labute approximate surface area is 286 Å². The Kier molecular flexibility index (Phi) is 15.1. The van der Waals surface area contributed by atoms with Gasteiger partial charge in [-0.15, -0.1) is 0 Å². The minimum absolute atomic E-state index is 0.00213. The van der Waals surface area contributed by atoms with Crippen molar-refractivity contribution in [3.05, 3.63) is 47.5 Å². The van der Waals surface area contributed by atoms with Crippen molar-refractivity contribution in [2.75, 3.05) is 40.3 Å². The molecule has 0 aromatic heterocycles. The van der Waals surface area contributed by atoms with Gasteiger partial charge in [0.05, 0.1) is 6.04 Å². The summed E-state index contributed by atoms with van der Waals surface area (Å²) in [6.45, 7) is 1.22. The summed E-state index contributed by atoms with van der Waals surface area (Å²) in [4.78, 5) is 54.4. The summed E-state index contributed by atoms with van der Waals surface area (Å²) in [6.07, 6.45) is 1.31. The summed E-state index contributed by atoms with van der Waals surface area (Å²) >= 11 is 0. The number of hydrogen-bond donors (Lipinski definition) is 12. The number of aromatic hydroxyl groups is 2. The van der Waals surface area contributed by atoms with Crippen LogP contribution in [0.4, 0.5) is 0 Å². The number of nitrogens with two attached hydrogens (primary N) is 2. The summed E-state index contributed by atoms with van der Waals surface area (Å²) in [7, 11) is 3.38. The molecular formula is C33H50N10O6. The van der Waals surface area contributed by atoms with Crippen LogP contribution in [-0.4, -0.2) is 104 Å². The molecule has 268 valence electrons. The standard InChI is InChI=1S/C33H50N10O6/c1-37-12-3-5-24-30(47)43-26(32(49)41-23(29(46)39-14-11-34)6-4-13-40-33(35)36)18-22-16-20(8-10-28(22)45)19-7-9-27(44)21(15-19)17-25(38-2)31(48)42-24/h7-10,15-16,23-26,37-38,44-45H,3-6,11-14,17-18,34H2,1-2H3,(H,39,46)(H,41,49)(H,42,48)(H,43,47)(H4,35,36,40)/t23-,24-,25-,26-/m0/s1. The number of carbonyl (C=O) groups excluding carboxylic acids is 4. The molecule has 2 aromatic carbocycles. The molecule has 3 rings (SSSR count). The zero-order valence-electron chi connectivity index (χ0n) is 28.0. The first kappa shape index (κ1) is 38.5. The zero-order valence-corrected chi connectivity index (χ0v) is 28.0. The molecule has 14 N–H and O–H groups in total. The topological polar surface area (TPSA) is 269 Å². The predicted molar refractivity (Wildman–Crippen MR) is 186 cm³/mol. The van der Waals surface area contributed by atoms with Crippen molar-refractivity contribution < 1.29 is 29.4 Å². The number of hydrogen-bond acceptors (Lipinski definition) is 10. The maximum absolute atomic E-state index is 14.0. The molecule has 4 amide bonds. The molecule has 4 atom stereocenters. The second kappa shape index (κ2) is 19.2. The smallest absolute Gasteiger partial charge is 0.243 e. The fourth-order valence-corrected chi connectivity index (χ4v) is 5.52. The van der Waals surface area contributed by atoms with Crippen molar-refractivity contribution in [3.63, 3.8) is 0 Å². The lowest BCUT2D eigenvalue weighted by atomic mass is 9.95. The zero-order chi connectivity index (χ0) is 35.9. The van der Waals surface area contributed by atoms with Gasteiger partial charge in [0.25, 0.3) is 0 Å². The molecule has 1 aliphatic heterocycles. The number of phenolic OH excluding ortho intramolecular Hbond substituents is 2. The van der Waals surface area contributed by atoms with Gasteiger partial charge in [0, 0.05) is 32.5 Å². The van der Waals surface area contributed by atoms with E-state index in [1.165, 1.54) is 12.1 Å². The van der Waals surface area contributed by atoms with E-state index in [0.717, 1.165) is 0 Å². The van der Waals surface area contributed by atoms with E-state index in [-0.39, 0.29) is 62.8 Å². The van der Waals surface area contributed by atoms with Crippen molar-refractivity contribution in [2.24, 2.45) is 11.5 Å². The highest BCUT2D eigenvalue weighted by Crippen LogP contribution is 2.31. The third kappa shape index (κ3) is 11.6. The van der Waals surface area contributed by atoms with Crippen LogP contribution in [0.2, 0.25) is 0 Å². The largest absolute Gasteiger partial charge is 0.508 e. The van der Waals surface area contributed by atoms with E-state index in [1.54, 1.807) is 38.4 Å². The third-order valence-electron chi connectivity index (χ3n) is 8.25. The third-order valence-corrected chi connectivity index (χ3v) is 8.25. The number of fused-ring (bicyclic) bond motifs is 5. The molecule has 0 fully saturated rings. The van der Waals surface area contributed by atoms with Gasteiger partial charge >= 0.3 is 0 Å². The highest BCUT2D eigenvalue weighted by atomic mass is 16.3. The number of benzene rings is 2. The molecule has 0 unspecified atom stereocenters. The highest BCUT2D eigenvalue weighted by molar-refractivity contribution is 5.95. The number of carbonyl (C=O) groups is 4. The Hall–Kier alpha value is -4.93. The van der Waals surface area contributed by atoms with Crippen LogP contribution < -0.4 is 48.7 Å². The van der Waals surface area contributed by atoms with Crippen LogP contribution in [0.25, 0.3) is 11.1 Å². The van der Waals surface area contributed by atoms with Crippen LogP contribution in [-0.2, 0) is 32.0 Å². The Balaban J connectivity index is 2.05. The van der Waals surface area contributed by atoms with Gasteiger partial charge in [-0.25, -0.2) is 0 Å². The van der Waals surface area contributed by atoms with Crippen LogP contribution in [0, 0.1) is 5.41 Å². The average molecular weight is 683 g/mol. The Morgan fingerprint density at radius 3 is 2.16 bits per heavy atom. The second-order valence-electron chi connectivity index (χ2n) is 11.9. The van der Waals surface area contributed by atoms with E-state index >= 15 is 0 Å². The number of amides is 4. The number of guanidine groups is 1. The number of rotatable bonds is 14. The van der Waals surface area contributed by atoms with Crippen LogP contribution in [0.5, 0.6) is 11.5 Å². The van der Waals surface area contributed by atoms with E-state index in [9.17, 15) is 29.4 Å². The maximum atomic E-state index is 14.0. The lowest BCUT2D eigenvalue weighted by molar-refractivity contribution is -0.134. The Bertz CT molecular complexity index is 1470. The number of phenols is 2. The first-order valence-electron chi connectivity index (χ1n) is 16.4. The molecule has 2 aromatic rings. The van der Waals surface area contributed by atoms with Crippen molar-refractivity contribution in [1.82, 2.24) is 37.2 Å². The van der Waals surface area contributed by atoms with Crippen LogP contribution in [0.1, 0.15) is 36.8 Å². The lowest BCUT2D eigenvalue weighted by Gasteiger charge is -2.27. The van der Waals surface area contributed by atoms with Crippen molar-refractivity contribution >= 4 is 29.6 Å². The normalized spacial score (nSPS) is 18.6. The number of likely N-dealkylation sites (N-methyl/N-ethyl adjacent to an activating group) is 1. The SMILES string of the molecule is CNCCC[C@@H]1NC(=O)[C@@H](NC)Cc2cc(ccc2O)-c2ccc(O)c(c2)C[C@@H](C(=O)N[C@@H](CCCNC(=N)N)C(=O)NCCN)NC1=O. The van der Waals surface area contributed by atoms with Gasteiger partial charge in [0.15, 0.2) is 5.96 Å². The molecule has 0 radical (unpaired) electrons. The Morgan fingerprint density at radius 2 is 1.57 bits per heavy atom. The molecule has 4 bridgehead atoms. The monoisotopic (exact) mass is 682 g/mol. The van der Waals surface area contributed by atoms with Crippen molar-refractivity contribution in [2.45, 2.75) is 62.7 Å². The summed E-state index contributed by atoms with van der Waals surface area (Å²) in [5.41, 5.74) is 13.1. The second-order valence-corrected chi connectivity index (χ2v) is 11.9. The lowest BCUT2D eigenvalue weighted by Crippen LogP contribution is -2.58. The maximum Gasteiger partial charge on any atom is 0.243 e. The van der Waals surface area contributed by atoms with Gasteiger partial charge in [-0.1, -0.05) is 12.1 Å².